The van der Waals surface area contributed by atoms with E-state index in [1.165, 1.54) is 43.6 Å². The number of esters is 1. The Morgan fingerprint density at radius 3 is 2.20 bits per heavy atom. The summed E-state index contributed by atoms with van der Waals surface area (Å²) in [5.74, 6) is -1.22. The Morgan fingerprint density at radius 2 is 1.57 bits per heavy atom. The number of aromatic nitrogens is 2. The van der Waals surface area contributed by atoms with Gasteiger partial charge in [0.1, 0.15) is 0 Å². The van der Waals surface area contributed by atoms with E-state index < -0.39 is 28.0 Å². The standard InChI is InChI=1S/C20H18N4O5S/c1-14(29-19(26)15-6-3-2-4-7-15)18(25)23-16-8-10-17(11-9-16)30(27,28)24-20-21-12-5-13-22-20/h2-14H,1H3,(H,23,25)(H,21,22,24). The zero-order valence-corrected chi connectivity index (χ0v) is 16.7. The van der Waals surface area contributed by atoms with Crippen LogP contribution in [0.2, 0.25) is 0 Å². The van der Waals surface area contributed by atoms with Crippen molar-refractivity contribution in [2.45, 2.75) is 17.9 Å². The van der Waals surface area contributed by atoms with E-state index in [4.69, 9.17) is 4.74 Å². The Balaban J connectivity index is 1.60. The molecule has 1 aromatic heterocycles. The van der Waals surface area contributed by atoms with E-state index in [0.717, 1.165) is 0 Å². The molecule has 0 bridgehead atoms. The van der Waals surface area contributed by atoms with Crippen molar-refractivity contribution in [3.8, 4) is 0 Å². The Labute approximate surface area is 173 Å². The largest absolute Gasteiger partial charge is 0.449 e. The number of rotatable bonds is 7. The fourth-order valence-electron chi connectivity index (χ4n) is 2.35. The van der Waals surface area contributed by atoms with Crippen LogP contribution in [0.5, 0.6) is 0 Å². The summed E-state index contributed by atoms with van der Waals surface area (Å²) in [7, 11) is -3.88. The quantitative estimate of drug-likeness (QED) is 0.556. The molecule has 2 aromatic carbocycles. The maximum Gasteiger partial charge on any atom is 0.338 e. The lowest BCUT2D eigenvalue weighted by Gasteiger charge is -2.14. The highest BCUT2D eigenvalue weighted by atomic mass is 32.2. The van der Waals surface area contributed by atoms with Gasteiger partial charge in [-0.15, -0.1) is 0 Å². The van der Waals surface area contributed by atoms with Gasteiger partial charge in [-0.2, -0.15) is 0 Å². The molecule has 1 heterocycles. The number of carbonyl (C=O) groups is 2. The number of carbonyl (C=O) groups excluding carboxylic acids is 2. The number of benzene rings is 2. The molecule has 1 amide bonds. The molecule has 0 saturated heterocycles. The summed E-state index contributed by atoms with van der Waals surface area (Å²) in [5, 5.41) is 2.57. The molecule has 0 aliphatic heterocycles. The molecule has 30 heavy (non-hydrogen) atoms. The first-order valence-corrected chi connectivity index (χ1v) is 10.3. The second-order valence-electron chi connectivity index (χ2n) is 6.11. The zero-order chi connectivity index (χ0) is 21.6. The van der Waals surface area contributed by atoms with Gasteiger partial charge in [-0.05, 0) is 49.4 Å². The van der Waals surface area contributed by atoms with Gasteiger partial charge in [0.25, 0.3) is 15.9 Å². The second-order valence-corrected chi connectivity index (χ2v) is 7.79. The predicted molar refractivity (Wildman–Crippen MR) is 109 cm³/mol. The van der Waals surface area contributed by atoms with Crippen LogP contribution in [-0.4, -0.2) is 36.4 Å². The number of nitrogens with one attached hydrogen (secondary N) is 2. The van der Waals surface area contributed by atoms with E-state index in [-0.39, 0.29) is 10.8 Å². The van der Waals surface area contributed by atoms with Gasteiger partial charge in [-0.1, -0.05) is 18.2 Å². The van der Waals surface area contributed by atoms with Gasteiger partial charge in [-0.3, -0.25) is 4.79 Å². The van der Waals surface area contributed by atoms with Crippen molar-refractivity contribution in [3.05, 3.63) is 78.6 Å². The summed E-state index contributed by atoms with van der Waals surface area (Å²) in [6, 6.07) is 15.4. The van der Waals surface area contributed by atoms with Crippen LogP contribution >= 0.6 is 0 Å². The van der Waals surface area contributed by atoms with E-state index in [0.29, 0.717) is 11.3 Å². The van der Waals surface area contributed by atoms with Crippen molar-refractivity contribution >= 4 is 33.5 Å². The summed E-state index contributed by atoms with van der Waals surface area (Å²) < 4.78 is 32.1. The van der Waals surface area contributed by atoms with Gasteiger partial charge in [0.15, 0.2) is 6.10 Å². The molecule has 9 nitrogen and oxygen atoms in total. The Hall–Kier alpha value is -3.79. The normalized spacial score (nSPS) is 11.9. The molecule has 0 saturated carbocycles. The fraction of sp³-hybridized carbons (Fsp3) is 0.100. The lowest BCUT2D eigenvalue weighted by Crippen LogP contribution is -2.30. The molecule has 3 rings (SSSR count). The van der Waals surface area contributed by atoms with Crippen LogP contribution in [0.3, 0.4) is 0 Å². The van der Waals surface area contributed by atoms with Gasteiger partial charge >= 0.3 is 5.97 Å². The average Bonchev–Trinajstić information content (AvgIpc) is 2.75. The minimum absolute atomic E-state index is 0.0310. The van der Waals surface area contributed by atoms with Crippen molar-refractivity contribution in [1.82, 2.24) is 9.97 Å². The van der Waals surface area contributed by atoms with Gasteiger partial charge < -0.3 is 10.1 Å². The summed E-state index contributed by atoms with van der Waals surface area (Å²) >= 11 is 0. The molecule has 0 aliphatic rings. The van der Waals surface area contributed by atoms with E-state index >= 15 is 0 Å². The van der Waals surface area contributed by atoms with E-state index in [1.54, 1.807) is 36.4 Å². The first kappa shape index (κ1) is 20.9. The molecule has 2 N–H and O–H groups in total. The minimum Gasteiger partial charge on any atom is -0.449 e. The predicted octanol–water partition coefficient (Wildman–Crippen LogP) is 2.46. The highest BCUT2D eigenvalue weighted by molar-refractivity contribution is 7.92. The van der Waals surface area contributed by atoms with Crippen molar-refractivity contribution in [1.29, 1.82) is 0 Å². The van der Waals surface area contributed by atoms with Crippen molar-refractivity contribution in [2.24, 2.45) is 0 Å². The van der Waals surface area contributed by atoms with Crippen LogP contribution in [0.15, 0.2) is 78.0 Å². The molecule has 10 heteroatoms. The number of nitrogens with zero attached hydrogens (tertiary/aromatic N) is 2. The van der Waals surface area contributed by atoms with Gasteiger partial charge in [0, 0.05) is 18.1 Å². The van der Waals surface area contributed by atoms with Crippen LogP contribution in [0.1, 0.15) is 17.3 Å². The fourth-order valence-corrected chi connectivity index (χ4v) is 3.31. The van der Waals surface area contributed by atoms with Crippen LogP contribution in [0.25, 0.3) is 0 Å². The van der Waals surface area contributed by atoms with Crippen molar-refractivity contribution in [2.75, 3.05) is 10.0 Å². The molecule has 0 aliphatic carbocycles. The maximum absolute atomic E-state index is 12.4. The van der Waals surface area contributed by atoms with Crippen molar-refractivity contribution < 1.29 is 22.7 Å². The minimum atomic E-state index is -3.88. The van der Waals surface area contributed by atoms with Crippen LogP contribution < -0.4 is 10.0 Å². The molecule has 1 atom stereocenters. The molecule has 154 valence electrons. The van der Waals surface area contributed by atoms with Gasteiger partial charge in [0.2, 0.25) is 5.95 Å². The monoisotopic (exact) mass is 426 g/mol. The van der Waals surface area contributed by atoms with Crippen LogP contribution in [0.4, 0.5) is 11.6 Å². The average molecular weight is 426 g/mol. The smallest absolute Gasteiger partial charge is 0.338 e. The third-order valence-electron chi connectivity index (χ3n) is 3.89. The highest BCUT2D eigenvalue weighted by Gasteiger charge is 2.20. The van der Waals surface area contributed by atoms with Crippen LogP contribution in [-0.2, 0) is 19.6 Å². The van der Waals surface area contributed by atoms with E-state index in [9.17, 15) is 18.0 Å². The SMILES string of the molecule is CC(OC(=O)c1ccccc1)C(=O)Nc1ccc(S(=O)(=O)Nc2ncccn2)cc1. The van der Waals surface area contributed by atoms with E-state index in [1.807, 2.05) is 0 Å². The molecular formula is C20H18N4O5S. The lowest BCUT2D eigenvalue weighted by atomic mass is 10.2. The summed E-state index contributed by atoms with van der Waals surface area (Å²) in [6.07, 6.45) is 1.78. The van der Waals surface area contributed by atoms with Crippen molar-refractivity contribution in [3.63, 3.8) is 0 Å². The number of amides is 1. The number of sulfonamides is 1. The highest BCUT2D eigenvalue weighted by Crippen LogP contribution is 2.17. The Morgan fingerprint density at radius 1 is 0.933 bits per heavy atom. The van der Waals surface area contributed by atoms with Gasteiger partial charge in [-0.25, -0.2) is 27.9 Å². The first-order valence-electron chi connectivity index (χ1n) is 8.82. The first-order chi connectivity index (χ1) is 14.3. The number of hydrogen-bond acceptors (Lipinski definition) is 7. The lowest BCUT2D eigenvalue weighted by molar-refractivity contribution is -0.123. The zero-order valence-electron chi connectivity index (χ0n) is 15.8. The molecule has 0 spiro atoms. The third kappa shape index (κ3) is 5.39. The maximum atomic E-state index is 12.4. The molecule has 0 radical (unpaired) electrons. The molecule has 0 fully saturated rings. The summed E-state index contributed by atoms with van der Waals surface area (Å²) in [5.41, 5.74) is 0.680. The molecule has 1 unspecified atom stereocenters. The summed E-state index contributed by atoms with van der Waals surface area (Å²) in [4.78, 5) is 31.9. The molecular weight excluding hydrogens is 408 g/mol. The Kier molecular flexibility index (Phi) is 6.38. The van der Waals surface area contributed by atoms with E-state index in [2.05, 4.69) is 20.0 Å². The van der Waals surface area contributed by atoms with Crippen LogP contribution in [0, 0.1) is 0 Å². The second kappa shape index (κ2) is 9.14. The number of hydrogen-bond donors (Lipinski definition) is 2. The third-order valence-corrected chi connectivity index (χ3v) is 5.23. The van der Waals surface area contributed by atoms with Gasteiger partial charge in [0.05, 0.1) is 10.5 Å². The molecule has 3 aromatic rings. The summed E-state index contributed by atoms with van der Waals surface area (Å²) in [6.45, 7) is 1.44. The Bertz CT molecular complexity index is 1120. The number of anilines is 2. The topological polar surface area (TPSA) is 127 Å². The number of ether oxygens (including phenoxy) is 1.